The van der Waals surface area contributed by atoms with Crippen LogP contribution in [-0.4, -0.2) is 46.8 Å². The maximum absolute atomic E-state index is 12.6. The van der Waals surface area contributed by atoms with Crippen molar-refractivity contribution in [2.45, 2.75) is 11.8 Å². The zero-order valence-corrected chi connectivity index (χ0v) is 15.0. The highest BCUT2D eigenvalue weighted by Crippen LogP contribution is 2.23. The molecule has 1 aromatic carbocycles. The first-order valence-corrected chi connectivity index (χ1v) is 9.44. The maximum Gasteiger partial charge on any atom is 0.263 e. The molecule has 0 spiro atoms. The molecule has 1 N–H and O–H groups in total. The smallest absolute Gasteiger partial charge is 0.263 e. The fourth-order valence-corrected chi connectivity index (χ4v) is 3.93. The number of aryl methyl sites for hydroxylation is 1. The predicted molar refractivity (Wildman–Crippen MR) is 95.8 cm³/mol. The number of aromatic nitrogens is 1. The minimum Gasteiger partial charge on any atom is -0.497 e. The third kappa shape index (κ3) is 4.02. The number of sulfonamides is 1. The van der Waals surface area contributed by atoms with Crippen LogP contribution >= 0.6 is 0 Å². The molecule has 1 aromatic heterocycles. The van der Waals surface area contributed by atoms with E-state index in [0.717, 1.165) is 18.8 Å². The summed E-state index contributed by atoms with van der Waals surface area (Å²) < 4.78 is 38.1. The van der Waals surface area contributed by atoms with Crippen molar-refractivity contribution in [1.82, 2.24) is 4.98 Å². The molecular formula is C17H21N3O4S. The van der Waals surface area contributed by atoms with E-state index in [2.05, 4.69) is 14.6 Å². The first kappa shape index (κ1) is 17.5. The molecular weight excluding hydrogens is 342 g/mol. The first-order chi connectivity index (χ1) is 12.0. The number of hydrogen-bond donors (Lipinski definition) is 1. The van der Waals surface area contributed by atoms with E-state index in [1.165, 1.54) is 6.07 Å². The Morgan fingerprint density at radius 2 is 1.96 bits per heavy atom. The van der Waals surface area contributed by atoms with Crippen LogP contribution in [0.3, 0.4) is 0 Å². The lowest BCUT2D eigenvalue weighted by Crippen LogP contribution is -2.36. The van der Waals surface area contributed by atoms with Gasteiger partial charge >= 0.3 is 0 Å². The summed E-state index contributed by atoms with van der Waals surface area (Å²) >= 11 is 0. The van der Waals surface area contributed by atoms with E-state index >= 15 is 0 Å². The topological polar surface area (TPSA) is 80.8 Å². The van der Waals surface area contributed by atoms with Crippen LogP contribution in [-0.2, 0) is 14.8 Å². The van der Waals surface area contributed by atoms with E-state index in [1.54, 1.807) is 38.4 Å². The minimum atomic E-state index is -3.71. The highest BCUT2D eigenvalue weighted by atomic mass is 32.2. The fourth-order valence-electron chi connectivity index (χ4n) is 2.70. The van der Waals surface area contributed by atoms with Crippen molar-refractivity contribution in [3.8, 4) is 5.75 Å². The third-order valence-electron chi connectivity index (χ3n) is 4.03. The second-order valence-corrected chi connectivity index (χ2v) is 7.39. The average Bonchev–Trinajstić information content (AvgIpc) is 2.62. The molecule has 1 aliphatic heterocycles. The molecule has 134 valence electrons. The minimum absolute atomic E-state index is 0.201. The zero-order valence-electron chi connectivity index (χ0n) is 14.2. The molecule has 0 atom stereocenters. The van der Waals surface area contributed by atoms with Gasteiger partial charge in [-0.2, -0.15) is 0 Å². The van der Waals surface area contributed by atoms with Crippen LogP contribution in [0, 0.1) is 6.92 Å². The summed E-state index contributed by atoms with van der Waals surface area (Å²) in [7, 11) is -2.17. The quantitative estimate of drug-likeness (QED) is 0.876. The van der Waals surface area contributed by atoms with E-state index in [1.807, 2.05) is 6.07 Å². The highest BCUT2D eigenvalue weighted by Gasteiger charge is 2.18. The van der Waals surface area contributed by atoms with Crippen molar-refractivity contribution in [1.29, 1.82) is 0 Å². The number of anilines is 2. The number of methoxy groups -OCH3 is 1. The summed E-state index contributed by atoms with van der Waals surface area (Å²) in [5.41, 5.74) is 1.56. The molecule has 2 aromatic rings. The summed E-state index contributed by atoms with van der Waals surface area (Å²) in [6.45, 7) is 4.71. The van der Waals surface area contributed by atoms with Crippen LogP contribution < -0.4 is 14.4 Å². The van der Waals surface area contributed by atoms with Crippen molar-refractivity contribution in [3.05, 3.63) is 42.1 Å². The number of pyridine rings is 1. The van der Waals surface area contributed by atoms with Crippen LogP contribution in [0.5, 0.6) is 5.75 Å². The molecule has 1 fully saturated rings. The lowest BCUT2D eigenvalue weighted by Gasteiger charge is -2.28. The largest absolute Gasteiger partial charge is 0.497 e. The van der Waals surface area contributed by atoms with Gasteiger partial charge in [-0.25, -0.2) is 13.4 Å². The summed E-state index contributed by atoms with van der Waals surface area (Å²) in [4.78, 5) is 6.59. The van der Waals surface area contributed by atoms with Crippen molar-refractivity contribution in [3.63, 3.8) is 0 Å². The van der Waals surface area contributed by atoms with Crippen molar-refractivity contribution in [2.24, 2.45) is 0 Å². The third-order valence-corrected chi connectivity index (χ3v) is 5.55. The normalized spacial score (nSPS) is 15.0. The van der Waals surface area contributed by atoms with E-state index in [9.17, 15) is 8.42 Å². The molecule has 0 amide bonds. The van der Waals surface area contributed by atoms with Gasteiger partial charge in [-0.05, 0) is 42.8 Å². The second-order valence-electron chi connectivity index (χ2n) is 5.74. The molecule has 0 unspecified atom stereocenters. The van der Waals surface area contributed by atoms with Gasteiger partial charge in [0.25, 0.3) is 10.0 Å². The lowest BCUT2D eigenvalue weighted by atomic mass is 10.2. The first-order valence-electron chi connectivity index (χ1n) is 7.96. The summed E-state index contributed by atoms with van der Waals surface area (Å²) in [5, 5.41) is 0. The molecule has 0 radical (unpaired) electrons. The Morgan fingerprint density at radius 3 is 2.56 bits per heavy atom. The lowest BCUT2D eigenvalue weighted by molar-refractivity contribution is 0.122. The molecule has 0 aliphatic carbocycles. The van der Waals surface area contributed by atoms with Gasteiger partial charge in [0.1, 0.15) is 11.6 Å². The van der Waals surface area contributed by atoms with Crippen molar-refractivity contribution < 1.29 is 17.9 Å². The number of nitrogens with zero attached hydrogens (tertiary/aromatic N) is 2. The SMILES string of the molecule is COc1ccc(S(=O)(=O)Nc2ccc(N3CCOCC3)cn2)c(C)c1. The van der Waals surface area contributed by atoms with E-state index in [4.69, 9.17) is 9.47 Å². The van der Waals surface area contributed by atoms with Gasteiger partial charge in [0.2, 0.25) is 0 Å². The number of rotatable bonds is 5. The van der Waals surface area contributed by atoms with Crippen LogP contribution in [0.25, 0.3) is 0 Å². The molecule has 1 aliphatic rings. The highest BCUT2D eigenvalue weighted by molar-refractivity contribution is 7.92. The van der Waals surface area contributed by atoms with Gasteiger partial charge in [-0.3, -0.25) is 4.72 Å². The summed E-state index contributed by atoms with van der Waals surface area (Å²) in [6, 6.07) is 8.36. The van der Waals surface area contributed by atoms with Crippen molar-refractivity contribution in [2.75, 3.05) is 43.0 Å². The van der Waals surface area contributed by atoms with Gasteiger partial charge < -0.3 is 14.4 Å². The van der Waals surface area contributed by atoms with Gasteiger partial charge in [0, 0.05) is 13.1 Å². The second kappa shape index (κ2) is 7.28. The Kier molecular flexibility index (Phi) is 5.10. The molecule has 2 heterocycles. The Morgan fingerprint density at radius 1 is 1.20 bits per heavy atom. The van der Waals surface area contributed by atoms with Gasteiger partial charge in [-0.1, -0.05) is 0 Å². The van der Waals surface area contributed by atoms with Crippen LogP contribution in [0.4, 0.5) is 11.5 Å². The fraction of sp³-hybridized carbons (Fsp3) is 0.353. The number of benzene rings is 1. The number of morpholine rings is 1. The molecule has 0 bridgehead atoms. The van der Waals surface area contributed by atoms with Gasteiger partial charge in [-0.15, -0.1) is 0 Å². The zero-order chi connectivity index (χ0) is 17.9. The predicted octanol–water partition coefficient (Wildman–Crippen LogP) is 2.04. The van der Waals surface area contributed by atoms with E-state index in [0.29, 0.717) is 24.5 Å². The standard InChI is InChI=1S/C17H21N3O4S/c1-13-11-15(23-2)4-5-16(13)25(21,22)19-17-6-3-14(12-18-17)20-7-9-24-10-8-20/h3-6,11-12H,7-10H2,1-2H3,(H,18,19). The molecule has 0 saturated carbocycles. The van der Waals surface area contributed by atoms with Crippen LogP contribution in [0.15, 0.2) is 41.4 Å². The maximum atomic E-state index is 12.6. The monoisotopic (exact) mass is 363 g/mol. The molecule has 3 rings (SSSR count). The number of nitrogens with one attached hydrogen (secondary N) is 1. The Balaban J connectivity index is 1.76. The Labute approximate surface area is 147 Å². The van der Waals surface area contributed by atoms with E-state index in [-0.39, 0.29) is 10.7 Å². The number of ether oxygens (including phenoxy) is 2. The molecule has 7 nitrogen and oxygen atoms in total. The summed E-state index contributed by atoms with van der Waals surface area (Å²) in [6.07, 6.45) is 1.67. The Bertz CT molecular complexity index is 831. The van der Waals surface area contributed by atoms with Crippen LogP contribution in [0.1, 0.15) is 5.56 Å². The summed E-state index contributed by atoms with van der Waals surface area (Å²) in [5.74, 6) is 0.900. The van der Waals surface area contributed by atoms with Gasteiger partial charge in [0.05, 0.1) is 37.1 Å². The number of hydrogen-bond acceptors (Lipinski definition) is 6. The molecule has 25 heavy (non-hydrogen) atoms. The van der Waals surface area contributed by atoms with Gasteiger partial charge in [0.15, 0.2) is 0 Å². The molecule has 1 saturated heterocycles. The van der Waals surface area contributed by atoms with Crippen LogP contribution in [0.2, 0.25) is 0 Å². The average molecular weight is 363 g/mol. The molecule has 8 heteroatoms. The van der Waals surface area contributed by atoms with Crippen molar-refractivity contribution >= 4 is 21.5 Å². The van der Waals surface area contributed by atoms with E-state index < -0.39 is 10.0 Å². The Hall–Kier alpha value is -2.32.